The van der Waals surface area contributed by atoms with Crippen LogP contribution in [-0.2, 0) is 22.2 Å². The van der Waals surface area contributed by atoms with Crippen LogP contribution >= 0.6 is 11.6 Å². The Morgan fingerprint density at radius 2 is 2.12 bits per heavy atom. The summed E-state index contributed by atoms with van der Waals surface area (Å²) in [4.78, 5) is 15.7. The monoisotopic (exact) mass is 487 g/mol. The van der Waals surface area contributed by atoms with Crippen molar-refractivity contribution in [2.75, 3.05) is 13.2 Å². The number of rotatable bonds is 6. The Morgan fingerprint density at radius 3 is 2.70 bits per heavy atom. The molecule has 0 saturated carbocycles. The summed E-state index contributed by atoms with van der Waals surface area (Å²) < 4.78 is 67.5. The van der Waals surface area contributed by atoms with Crippen molar-refractivity contribution in [3.8, 4) is 22.4 Å². The number of benzene rings is 1. The molecule has 12 heteroatoms. The Hall–Kier alpha value is -2.89. The van der Waals surface area contributed by atoms with E-state index in [0.29, 0.717) is 4.68 Å². The van der Waals surface area contributed by atoms with Gasteiger partial charge < -0.3 is 19.6 Å². The van der Waals surface area contributed by atoms with E-state index < -0.39 is 48.0 Å². The summed E-state index contributed by atoms with van der Waals surface area (Å²) in [6.07, 6.45) is -4.44. The van der Waals surface area contributed by atoms with Crippen LogP contribution in [0, 0.1) is 5.82 Å². The summed E-state index contributed by atoms with van der Waals surface area (Å²) >= 11 is 6.16. The van der Waals surface area contributed by atoms with E-state index in [-0.39, 0.29) is 40.6 Å². The number of carbonyl (C=O) groups excluding carboxylic acids is 1. The minimum absolute atomic E-state index is 0.0394. The molecule has 2 N–H and O–H groups in total. The van der Waals surface area contributed by atoms with Gasteiger partial charge in [0.15, 0.2) is 5.69 Å². The fourth-order valence-corrected chi connectivity index (χ4v) is 3.81. The van der Waals surface area contributed by atoms with Crippen LogP contribution in [0.1, 0.15) is 23.0 Å². The number of esters is 1. The van der Waals surface area contributed by atoms with E-state index in [9.17, 15) is 27.5 Å². The minimum atomic E-state index is -4.87. The lowest BCUT2D eigenvalue weighted by Gasteiger charge is -2.26. The molecule has 1 aromatic carbocycles. The standard InChI is InChI=1S/C21H18ClF4N3O4/c1-10(30)7-29-19(21(24,25)26)13(6-28-29)18-17(20(31)33-11-8-32-9-11)12(5-27-18)16-14(22)3-2-4-15(16)23/h2-6,10-11,27,30H,7-9H2,1H3/t10-/m0/s1. The smallest absolute Gasteiger partial charge is 0.433 e. The lowest BCUT2D eigenvalue weighted by Crippen LogP contribution is -2.37. The Labute approximate surface area is 189 Å². The van der Waals surface area contributed by atoms with Crippen LogP contribution in [0.3, 0.4) is 0 Å². The number of halogens is 5. The van der Waals surface area contributed by atoms with Gasteiger partial charge >= 0.3 is 12.1 Å². The average Bonchev–Trinajstić information content (AvgIpc) is 3.28. The van der Waals surface area contributed by atoms with Crippen LogP contribution in [0.5, 0.6) is 0 Å². The van der Waals surface area contributed by atoms with Crippen molar-refractivity contribution in [3.63, 3.8) is 0 Å². The van der Waals surface area contributed by atoms with E-state index in [1.165, 1.54) is 25.3 Å². The van der Waals surface area contributed by atoms with Crippen molar-refractivity contribution in [1.82, 2.24) is 14.8 Å². The first kappa shape index (κ1) is 23.3. The topological polar surface area (TPSA) is 89.4 Å². The van der Waals surface area contributed by atoms with Crippen LogP contribution < -0.4 is 0 Å². The molecule has 1 aliphatic heterocycles. The van der Waals surface area contributed by atoms with Gasteiger partial charge in [0.2, 0.25) is 0 Å². The molecular weight excluding hydrogens is 470 g/mol. The van der Waals surface area contributed by atoms with Crippen LogP contribution in [0.2, 0.25) is 5.02 Å². The van der Waals surface area contributed by atoms with Gasteiger partial charge in [0.25, 0.3) is 0 Å². The minimum Gasteiger partial charge on any atom is -0.454 e. The third kappa shape index (κ3) is 4.48. The second-order valence-corrected chi connectivity index (χ2v) is 7.96. The maximum absolute atomic E-state index is 14.7. The molecule has 1 atom stereocenters. The van der Waals surface area contributed by atoms with Gasteiger partial charge in [-0.2, -0.15) is 18.3 Å². The maximum atomic E-state index is 14.7. The third-order valence-corrected chi connectivity index (χ3v) is 5.33. The van der Waals surface area contributed by atoms with Crippen molar-refractivity contribution >= 4 is 17.6 Å². The molecular formula is C21H18ClF4N3O4. The number of ether oxygens (including phenoxy) is 2. The Bertz CT molecular complexity index is 1160. The fourth-order valence-electron chi connectivity index (χ4n) is 3.55. The van der Waals surface area contributed by atoms with E-state index >= 15 is 0 Å². The molecule has 7 nitrogen and oxygen atoms in total. The van der Waals surface area contributed by atoms with Gasteiger partial charge in [-0.15, -0.1) is 0 Å². The molecule has 3 heterocycles. The highest BCUT2D eigenvalue weighted by Gasteiger charge is 2.41. The number of aliphatic hydroxyl groups is 1. The first-order valence-corrected chi connectivity index (χ1v) is 10.2. The normalized spacial score (nSPS) is 15.4. The zero-order valence-electron chi connectivity index (χ0n) is 17.1. The number of H-pyrrole nitrogens is 1. The fraction of sp³-hybridized carbons (Fsp3) is 0.333. The van der Waals surface area contributed by atoms with Gasteiger partial charge in [-0.25, -0.2) is 9.18 Å². The molecule has 33 heavy (non-hydrogen) atoms. The molecule has 0 radical (unpaired) electrons. The SMILES string of the molecule is C[C@H](O)Cn1ncc(-c2[nH]cc(-c3c(F)cccc3Cl)c2C(=O)OC2COC2)c1C(F)(F)F. The quantitative estimate of drug-likeness (QED) is 0.400. The van der Waals surface area contributed by atoms with Crippen molar-refractivity contribution in [2.45, 2.75) is 31.9 Å². The molecule has 1 saturated heterocycles. The second-order valence-electron chi connectivity index (χ2n) is 7.55. The highest BCUT2D eigenvalue weighted by Crippen LogP contribution is 2.42. The summed E-state index contributed by atoms with van der Waals surface area (Å²) in [5.74, 6) is -1.74. The Morgan fingerprint density at radius 1 is 1.39 bits per heavy atom. The second kappa shape index (κ2) is 8.81. The first-order valence-electron chi connectivity index (χ1n) is 9.83. The van der Waals surface area contributed by atoms with Crippen LogP contribution in [0.25, 0.3) is 22.4 Å². The lowest BCUT2D eigenvalue weighted by molar-refractivity contribution is -0.144. The van der Waals surface area contributed by atoms with Gasteiger partial charge in [0.05, 0.1) is 48.3 Å². The number of hydrogen-bond donors (Lipinski definition) is 2. The summed E-state index contributed by atoms with van der Waals surface area (Å²) in [7, 11) is 0. The van der Waals surface area contributed by atoms with E-state index in [0.717, 1.165) is 12.3 Å². The van der Waals surface area contributed by atoms with Crippen molar-refractivity contribution < 1.29 is 36.9 Å². The summed E-state index contributed by atoms with van der Waals surface area (Å²) in [5, 5.41) is 13.3. The summed E-state index contributed by atoms with van der Waals surface area (Å²) in [5.41, 5.74) is -2.45. The number of alkyl halides is 3. The van der Waals surface area contributed by atoms with Crippen molar-refractivity contribution in [1.29, 1.82) is 0 Å². The van der Waals surface area contributed by atoms with Gasteiger partial charge in [0, 0.05) is 22.9 Å². The highest BCUT2D eigenvalue weighted by atomic mass is 35.5. The predicted octanol–water partition coefficient (Wildman–Crippen LogP) is 4.29. The molecule has 0 bridgehead atoms. The molecule has 4 rings (SSSR count). The Balaban J connectivity index is 1.92. The molecule has 1 fully saturated rings. The van der Waals surface area contributed by atoms with Crippen molar-refractivity contribution in [3.05, 3.63) is 52.7 Å². The molecule has 0 unspecified atom stereocenters. The molecule has 1 aliphatic rings. The number of carbonyl (C=O) groups is 1. The van der Waals surface area contributed by atoms with Crippen LogP contribution in [0.4, 0.5) is 17.6 Å². The zero-order chi connectivity index (χ0) is 23.9. The predicted molar refractivity (Wildman–Crippen MR) is 109 cm³/mol. The van der Waals surface area contributed by atoms with Gasteiger partial charge in [-0.3, -0.25) is 4.68 Å². The first-order chi connectivity index (χ1) is 15.6. The van der Waals surface area contributed by atoms with E-state index in [4.69, 9.17) is 21.1 Å². The summed E-state index contributed by atoms with van der Waals surface area (Å²) in [6, 6.07) is 3.87. The lowest BCUT2D eigenvalue weighted by atomic mass is 9.99. The van der Waals surface area contributed by atoms with Crippen molar-refractivity contribution in [2.24, 2.45) is 0 Å². The number of aromatic nitrogens is 3. The number of aliphatic hydroxyl groups excluding tert-OH is 1. The molecule has 0 aliphatic carbocycles. The van der Waals surface area contributed by atoms with Gasteiger partial charge in [-0.1, -0.05) is 17.7 Å². The summed E-state index contributed by atoms with van der Waals surface area (Å²) in [6.45, 7) is 1.17. The number of nitrogens with zero attached hydrogens (tertiary/aromatic N) is 2. The highest BCUT2D eigenvalue weighted by molar-refractivity contribution is 6.33. The van der Waals surface area contributed by atoms with Crippen LogP contribution in [0.15, 0.2) is 30.6 Å². The number of hydrogen-bond acceptors (Lipinski definition) is 5. The van der Waals surface area contributed by atoms with Gasteiger partial charge in [0.1, 0.15) is 11.9 Å². The van der Waals surface area contributed by atoms with E-state index in [1.807, 2.05) is 0 Å². The van der Waals surface area contributed by atoms with E-state index in [2.05, 4.69) is 10.1 Å². The van der Waals surface area contributed by atoms with Gasteiger partial charge in [-0.05, 0) is 19.1 Å². The molecule has 2 aromatic heterocycles. The maximum Gasteiger partial charge on any atom is 0.433 e. The largest absolute Gasteiger partial charge is 0.454 e. The molecule has 3 aromatic rings. The molecule has 0 amide bonds. The third-order valence-electron chi connectivity index (χ3n) is 5.01. The van der Waals surface area contributed by atoms with Crippen LogP contribution in [-0.4, -0.2) is 51.3 Å². The van der Waals surface area contributed by atoms with E-state index in [1.54, 1.807) is 0 Å². The number of aromatic amines is 1. The average molecular weight is 488 g/mol. The zero-order valence-corrected chi connectivity index (χ0v) is 17.9. The molecule has 176 valence electrons. The molecule has 0 spiro atoms. The number of nitrogens with one attached hydrogen (secondary N) is 1. The Kier molecular flexibility index (Phi) is 6.21.